The summed E-state index contributed by atoms with van der Waals surface area (Å²) in [6.07, 6.45) is 2.80. The Bertz CT molecular complexity index is 480. The van der Waals surface area contributed by atoms with Crippen molar-refractivity contribution in [2.75, 3.05) is 23.6 Å². The summed E-state index contributed by atoms with van der Waals surface area (Å²) in [5, 5.41) is 12.6. The van der Waals surface area contributed by atoms with Gasteiger partial charge in [0.25, 0.3) is 0 Å². The van der Waals surface area contributed by atoms with E-state index < -0.39 is 10.0 Å². The highest BCUT2D eigenvalue weighted by Crippen LogP contribution is 2.28. The molecule has 1 aromatic rings. The standard InChI is InChI=1S/C10H18N4O2S2/c1-2-6-18(15,16)14-10-13-12-9(17-10)8-4-3-5-11-7-8/h8,11H,2-7H2,1H3,(H,13,14). The van der Waals surface area contributed by atoms with E-state index in [1.165, 1.54) is 11.3 Å². The van der Waals surface area contributed by atoms with Crippen LogP contribution in [0.5, 0.6) is 0 Å². The van der Waals surface area contributed by atoms with Crippen LogP contribution < -0.4 is 10.0 Å². The first kappa shape index (κ1) is 13.7. The fraction of sp³-hybridized carbons (Fsp3) is 0.800. The average Bonchev–Trinajstić information content (AvgIpc) is 2.77. The van der Waals surface area contributed by atoms with Crippen molar-refractivity contribution in [2.24, 2.45) is 0 Å². The van der Waals surface area contributed by atoms with Gasteiger partial charge in [-0.2, -0.15) is 0 Å². The first-order valence-corrected chi connectivity index (χ1v) is 8.62. The second-order valence-corrected chi connectivity index (χ2v) is 7.26. The van der Waals surface area contributed by atoms with E-state index in [1.807, 2.05) is 6.92 Å². The van der Waals surface area contributed by atoms with Gasteiger partial charge in [0, 0.05) is 12.5 Å². The summed E-state index contributed by atoms with van der Waals surface area (Å²) >= 11 is 1.34. The quantitative estimate of drug-likeness (QED) is 0.850. The molecule has 2 N–H and O–H groups in total. The molecule has 6 nitrogen and oxygen atoms in total. The van der Waals surface area contributed by atoms with Crippen LogP contribution in [-0.2, 0) is 10.0 Å². The van der Waals surface area contributed by atoms with Crippen molar-refractivity contribution in [3.63, 3.8) is 0 Å². The predicted molar refractivity (Wildman–Crippen MR) is 72.5 cm³/mol. The van der Waals surface area contributed by atoms with E-state index in [4.69, 9.17) is 0 Å². The number of anilines is 1. The van der Waals surface area contributed by atoms with E-state index in [0.717, 1.165) is 30.9 Å². The molecule has 1 aliphatic heterocycles. The lowest BCUT2D eigenvalue weighted by molar-refractivity contribution is 0.458. The molecule has 0 aromatic carbocycles. The van der Waals surface area contributed by atoms with Crippen molar-refractivity contribution in [3.8, 4) is 0 Å². The van der Waals surface area contributed by atoms with Crippen molar-refractivity contribution in [2.45, 2.75) is 32.1 Å². The number of hydrogen-bond acceptors (Lipinski definition) is 6. The van der Waals surface area contributed by atoms with Crippen LogP contribution in [0, 0.1) is 0 Å². The summed E-state index contributed by atoms with van der Waals surface area (Å²) < 4.78 is 25.7. The summed E-state index contributed by atoms with van der Waals surface area (Å²) in [7, 11) is -3.26. The molecule has 1 atom stereocenters. The lowest BCUT2D eigenvalue weighted by atomic mass is 10.0. The maximum absolute atomic E-state index is 11.6. The van der Waals surface area contributed by atoms with Gasteiger partial charge in [0.15, 0.2) is 0 Å². The van der Waals surface area contributed by atoms with Crippen LogP contribution in [0.1, 0.15) is 37.1 Å². The van der Waals surface area contributed by atoms with Gasteiger partial charge in [0.05, 0.1) is 5.75 Å². The highest BCUT2D eigenvalue weighted by Gasteiger charge is 2.20. The van der Waals surface area contributed by atoms with Crippen LogP contribution in [0.25, 0.3) is 0 Å². The Morgan fingerprint density at radius 1 is 1.50 bits per heavy atom. The van der Waals surface area contributed by atoms with Gasteiger partial charge in [-0.15, -0.1) is 10.2 Å². The third kappa shape index (κ3) is 3.63. The van der Waals surface area contributed by atoms with Gasteiger partial charge in [0.2, 0.25) is 15.2 Å². The van der Waals surface area contributed by atoms with Crippen LogP contribution in [-0.4, -0.2) is 37.5 Å². The van der Waals surface area contributed by atoms with Crippen molar-refractivity contribution in [1.82, 2.24) is 15.5 Å². The first-order chi connectivity index (χ1) is 8.61. The molecular formula is C10H18N4O2S2. The molecule has 0 bridgehead atoms. The number of aromatic nitrogens is 2. The van der Waals surface area contributed by atoms with Gasteiger partial charge in [-0.05, 0) is 25.8 Å². The van der Waals surface area contributed by atoms with Gasteiger partial charge < -0.3 is 5.32 Å². The van der Waals surface area contributed by atoms with E-state index in [2.05, 4.69) is 20.2 Å². The summed E-state index contributed by atoms with van der Waals surface area (Å²) in [5.74, 6) is 0.480. The molecule has 1 unspecified atom stereocenters. The number of nitrogens with zero attached hydrogens (tertiary/aromatic N) is 2. The minimum atomic E-state index is -3.26. The summed E-state index contributed by atoms with van der Waals surface area (Å²) in [4.78, 5) is 0. The molecule has 0 radical (unpaired) electrons. The highest BCUT2D eigenvalue weighted by molar-refractivity contribution is 7.92. The SMILES string of the molecule is CCCS(=O)(=O)Nc1nnc(C2CCCNC2)s1. The Hall–Kier alpha value is -0.730. The molecule has 2 heterocycles. The fourth-order valence-electron chi connectivity index (χ4n) is 1.96. The molecule has 1 fully saturated rings. The molecule has 8 heteroatoms. The number of sulfonamides is 1. The molecule has 0 aliphatic carbocycles. The molecule has 18 heavy (non-hydrogen) atoms. The topological polar surface area (TPSA) is 84.0 Å². The van der Waals surface area contributed by atoms with Gasteiger partial charge in [-0.1, -0.05) is 18.3 Å². The van der Waals surface area contributed by atoms with Crippen molar-refractivity contribution in [3.05, 3.63) is 5.01 Å². The molecule has 1 saturated heterocycles. The average molecular weight is 290 g/mol. The van der Waals surface area contributed by atoms with Crippen molar-refractivity contribution < 1.29 is 8.42 Å². The smallest absolute Gasteiger partial charge is 0.234 e. The molecular weight excluding hydrogens is 272 g/mol. The summed E-state index contributed by atoms with van der Waals surface area (Å²) in [6.45, 7) is 3.78. The summed E-state index contributed by atoms with van der Waals surface area (Å²) in [5.41, 5.74) is 0. The number of nitrogens with one attached hydrogen (secondary N) is 2. The lowest BCUT2D eigenvalue weighted by Crippen LogP contribution is -2.28. The molecule has 102 valence electrons. The van der Waals surface area contributed by atoms with Gasteiger partial charge in [-0.25, -0.2) is 8.42 Å². The van der Waals surface area contributed by atoms with Crippen LogP contribution in [0.2, 0.25) is 0 Å². The molecule has 0 amide bonds. The van der Waals surface area contributed by atoms with E-state index >= 15 is 0 Å². The molecule has 0 spiro atoms. The molecule has 1 aliphatic rings. The Morgan fingerprint density at radius 3 is 3.00 bits per heavy atom. The largest absolute Gasteiger partial charge is 0.316 e. The number of rotatable bonds is 5. The Kier molecular flexibility index (Phi) is 4.52. The van der Waals surface area contributed by atoms with E-state index in [-0.39, 0.29) is 5.75 Å². The fourth-order valence-corrected chi connectivity index (χ4v) is 4.18. The Balaban J connectivity index is 2.01. The normalized spacial score (nSPS) is 20.8. The lowest BCUT2D eigenvalue weighted by Gasteiger charge is -2.19. The van der Waals surface area contributed by atoms with Crippen molar-refractivity contribution in [1.29, 1.82) is 0 Å². The second-order valence-electron chi connectivity index (χ2n) is 4.41. The van der Waals surface area contributed by atoms with E-state index in [1.54, 1.807) is 0 Å². The predicted octanol–water partition coefficient (Wildman–Crippen LogP) is 1.16. The number of piperidine rings is 1. The zero-order valence-corrected chi connectivity index (χ0v) is 12.0. The van der Waals surface area contributed by atoms with E-state index in [9.17, 15) is 8.42 Å². The maximum atomic E-state index is 11.6. The zero-order valence-electron chi connectivity index (χ0n) is 10.3. The minimum Gasteiger partial charge on any atom is -0.316 e. The van der Waals surface area contributed by atoms with Crippen molar-refractivity contribution >= 4 is 26.5 Å². The van der Waals surface area contributed by atoms with Crippen LogP contribution in [0.3, 0.4) is 0 Å². The van der Waals surface area contributed by atoms with Gasteiger partial charge in [0.1, 0.15) is 5.01 Å². The molecule has 0 saturated carbocycles. The van der Waals surface area contributed by atoms with E-state index in [0.29, 0.717) is 17.5 Å². The maximum Gasteiger partial charge on any atom is 0.234 e. The molecule has 1 aromatic heterocycles. The Labute approximate surface area is 111 Å². The van der Waals surface area contributed by atoms with Gasteiger partial charge >= 0.3 is 0 Å². The minimum absolute atomic E-state index is 0.118. The van der Waals surface area contributed by atoms with Crippen LogP contribution in [0.15, 0.2) is 0 Å². The molecule has 2 rings (SSSR count). The summed E-state index contributed by atoms with van der Waals surface area (Å²) in [6, 6.07) is 0. The van der Waals surface area contributed by atoms with Crippen LogP contribution in [0.4, 0.5) is 5.13 Å². The van der Waals surface area contributed by atoms with Gasteiger partial charge in [-0.3, -0.25) is 4.72 Å². The third-order valence-corrected chi connectivity index (χ3v) is 5.38. The van der Waals surface area contributed by atoms with Crippen LogP contribution >= 0.6 is 11.3 Å². The first-order valence-electron chi connectivity index (χ1n) is 6.15. The third-order valence-electron chi connectivity index (χ3n) is 2.80. The second kappa shape index (κ2) is 5.94. The monoisotopic (exact) mass is 290 g/mol. The number of hydrogen-bond donors (Lipinski definition) is 2. The zero-order chi connectivity index (χ0) is 13.0. The Morgan fingerprint density at radius 2 is 2.33 bits per heavy atom. The highest BCUT2D eigenvalue weighted by atomic mass is 32.2.